The molecular formula is C31H18N4. The van der Waals surface area contributed by atoms with E-state index in [1.165, 1.54) is 38.2 Å². The number of benzene rings is 4. The Labute approximate surface area is 201 Å². The summed E-state index contributed by atoms with van der Waals surface area (Å²) < 4.78 is 2.29. The summed E-state index contributed by atoms with van der Waals surface area (Å²) in [7, 11) is 0. The number of nitrogens with zero attached hydrogens (tertiary/aromatic N) is 4. The first-order chi connectivity index (χ1) is 17.4. The Balaban J connectivity index is 1.31. The summed E-state index contributed by atoms with van der Waals surface area (Å²) in [6, 6.07) is 30.3. The Kier molecular flexibility index (Phi) is 3.63. The van der Waals surface area contributed by atoms with Gasteiger partial charge >= 0.3 is 0 Å². The molecule has 0 fully saturated rings. The third-order valence-electron chi connectivity index (χ3n) is 7.16. The second-order valence-corrected chi connectivity index (χ2v) is 8.93. The van der Waals surface area contributed by atoms with Crippen LogP contribution < -0.4 is 0 Å². The van der Waals surface area contributed by atoms with Crippen LogP contribution in [-0.2, 0) is 0 Å². The molecule has 7 aromatic rings. The molecule has 3 heterocycles. The minimum Gasteiger partial charge on any atom is -0.308 e. The first-order valence-electron chi connectivity index (χ1n) is 11.7. The smallest absolute Gasteiger partial charge is 0.0971 e. The van der Waals surface area contributed by atoms with Crippen LogP contribution >= 0.6 is 0 Å². The molecule has 8 rings (SSSR count). The molecule has 0 radical (unpaired) electrons. The molecule has 0 saturated carbocycles. The summed E-state index contributed by atoms with van der Waals surface area (Å²) in [5.74, 6) is 0. The fourth-order valence-electron chi connectivity index (χ4n) is 5.67. The van der Waals surface area contributed by atoms with Gasteiger partial charge in [0.2, 0.25) is 0 Å². The molecule has 4 heteroatoms. The summed E-state index contributed by atoms with van der Waals surface area (Å²) in [5.41, 5.74) is 10.1. The molecule has 4 nitrogen and oxygen atoms in total. The number of fused-ring (bicyclic) bond motifs is 6. The summed E-state index contributed by atoms with van der Waals surface area (Å²) in [6.07, 6.45) is 7.36. The van der Waals surface area contributed by atoms with Crippen molar-refractivity contribution >= 4 is 32.6 Å². The Hall–Kier alpha value is -4.83. The topological polar surface area (TPSA) is 43.6 Å². The van der Waals surface area contributed by atoms with Crippen molar-refractivity contribution in [2.75, 3.05) is 0 Å². The molecule has 0 N–H and O–H groups in total. The minimum atomic E-state index is 0.973. The molecule has 0 aliphatic heterocycles. The molecule has 1 aliphatic rings. The van der Waals surface area contributed by atoms with Crippen LogP contribution in [0.5, 0.6) is 0 Å². The normalized spacial score (nSPS) is 12.0. The number of hydrogen-bond acceptors (Lipinski definition) is 3. The molecule has 0 spiro atoms. The van der Waals surface area contributed by atoms with Gasteiger partial charge in [0.25, 0.3) is 0 Å². The van der Waals surface area contributed by atoms with Crippen LogP contribution in [0.4, 0.5) is 0 Å². The monoisotopic (exact) mass is 446 g/mol. The molecule has 162 valence electrons. The molecule has 0 saturated heterocycles. The number of hydrogen-bond donors (Lipinski definition) is 0. The van der Waals surface area contributed by atoms with Gasteiger partial charge in [0, 0.05) is 51.6 Å². The maximum atomic E-state index is 4.62. The molecule has 0 atom stereocenters. The highest BCUT2D eigenvalue weighted by molar-refractivity contribution is 6.17. The van der Waals surface area contributed by atoms with E-state index in [0.717, 1.165) is 33.7 Å². The molecule has 1 aliphatic carbocycles. The van der Waals surface area contributed by atoms with E-state index in [4.69, 9.17) is 0 Å². The predicted molar refractivity (Wildman–Crippen MR) is 142 cm³/mol. The van der Waals surface area contributed by atoms with E-state index in [9.17, 15) is 0 Å². The van der Waals surface area contributed by atoms with Crippen LogP contribution in [0.3, 0.4) is 0 Å². The number of para-hydroxylation sites is 1. The second-order valence-electron chi connectivity index (χ2n) is 8.93. The highest BCUT2D eigenvalue weighted by atomic mass is 15.0. The highest BCUT2D eigenvalue weighted by Gasteiger charge is 2.24. The number of rotatable bonds is 2. The van der Waals surface area contributed by atoms with Gasteiger partial charge in [-0.2, -0.15) is 0 Å². The Morgan fingerprint density at radius 3 is 2.09 bits per heavy atom. The lowest BCUT2D eigenvalue weighted by Gasteiger charge is -2.12. The molecule has 0 unspecified atom stereocenters. The van der Waals surface area contributed by atoms with Gasteiger partial charge < -0.3 is 4.57 Å². The minimum absolute atomic E-state index is 0.973. The van der Waals surface area contributed by atoms with Crippen molar-refractivity contribution in [3.63, 3.8) is 0 Å². The third-order valence-corrected chi connectivity index (χ3v) is 7.16. The van der Waals surface area contributed by atoms with Crippen molar-refractivity contribution in [3.8, 4) is 39.3 Å². The van der Waals surface area contributed by atoms with E-state index in [-0.39, 0.29) is 0 Å². The van der Waals surface area contributed by atoms with Crippen molar-refractivity contribution in [2.24, 2.45) is 0 Å². The molecule has 0 bridgehead atoms. The van der Waals surface area contributed by atoms with E-state index in [2.05, 4.69) is 104 Å². The molecule has 35 heavy (non-hydrogen) atoms. The molecule has 0 amide bonds. The first kappa shape index (κ1) is 18.6. The molecular weight excluding hydrogens is 428 g/mol. The number of pyridine rings is 1. The fraction of sp³-hybridized carbons (Fsp3) is 0. The summed E-state index contributed by atoms with van der Waals surface area (Å²) >= 11 is 0. The van der Waals surface area contributed by atoms with Crippen LogP contribution in [0.1, 0.15) is 0 Å². The van der Waals surface area contributed by atoms with Crippen molar-refractivity contribution in [1.29, 1.82) is 0 Å². The third kappa shape index (κ3) is 2.48. The first-order valence-corrected chi connectivity index (χ1v) is 11.7. The zero-order valence-corrected chi connectivity index (χ0v) is 18.7. The lowest BCUT2D eigenvalue weighted by Crippen LogP contribution is -1.94. The van der Waals surface area contributed by atoms with Crippen LogP contribution in [0.25, 0.3) is 71.9 Å². The highest BCUT2D eigenvalue weighted by Crippen LogP contribution is 2.47. The average Bonchev–Trinajstić information content (AvgIpc) is 3.44. The van der Waals surface area contributed by atoms with Crippen molar-refractivity contribution < 1.29 is 0 Å². The van der Waals surface area contributed by atoms with Gasteiger partial charge in [0.05, 0.1) is 28.6 Å². The van der Waals surface area contributed by atoms with E-state index >= 15 is 0 Å². The van der Waals surface area contributed by atoms with Gasteiger partial charge in [-0.25, -0.2) is 0 Å². The van der Waals surface area contributed by atoms with Gasteiger partial charge in [-0.3, -0.25) is 15.0 Å². The largest absolute Gasteiger partial charge is 0.308 e. The zero-order valence-electron chi connectivity index (χ0n) is 18.7. The number of aromatic nitrogens is 4. The maximum Gasteiger partial charge on any atom is 0.0971 e. The Morgan fingerprint density at radius 1 is 0.514 bits per heavy atom. The van der Waals surface area contributed by atoms with Crippen LogP contribution in [0.2, 0.25) is 0 Å². The van der Waals surface area contributed by atoms with E-state index < -0.39 is 0 Å². The van der Waals surface area contributed by atoms with Crippen LogP contribution in [0, 0.1) is 0 Å². The lowest BCUT2D eigenvalue weighted by atomic mass is 9.95. The SMILES string of the molecule is c1cc2c3c(ccc(-c4ccc(-n5c6ccccc6c6ccncc65)cc4)c3c1)-c1nccnc1-2. The molecule has 4 aromatic carbocycles. The van der Waals surface area contributed by atoms with Gasteiger partial charge in [-0.1, -0.05) is 60.7 Å². The fourth-order valence-corrected chi connectivity index (χ4v) is 5.67. The average molecular weight is 447 g/mol. The van der Waals surface area contributed by atoms with E-state index in [0.29, 0.717) is 0 Å². The summed E-state index contributed by atoms with van der Waals surface area (Å²) in [6.45, 7) is 0. The quantitative estimate of drug-likeness (QED) is 0.277. The molecule has 3 aromatic heterocycles. The lowest BCUT2D eigenvalue weighted by molar-refractivity contribution is 1.17. The zero-order chi connectivity index (χ0) is 22.9. The van der Waals surface area contributed by atoms with Gasteiger partial charge in [0.15, 0.2) is 0 Å². The van der Waals surface area contributed by atoms with Crippen LogP contribution in [-0.4, -0.2) is 19.5 Å². The predicted octanol–water partition coefficient (Wildman–Crippen LogP) is 7.44. The van der Waals surface area contributed by atoms with Crippen molar-refractivity contribution in [2.45, 2.75) is 0 Å². The van der Waals surface area contributed by atoms with Crippen LogP contribution in [0.15, 0.2) is 110 Å². The van der Waals surface area contributed by atoms with Gasteiger partial charge in [-0.15, -0.1) is 0 Å². The van der Waals surface area contributed by atoms with E-state index in [1.807, 2.05) is 12.4 Å². The summed E-state index contributed by atoms with van der Waals surface area (Å²) in [4.78, 5) is 13.6. The Morgan fingerprint density at radius 2 is 1.23 bits per heavy atom. The van der Waals surface area contributed by atoms with Crippen molar-refractivity contribution in [3.05, 3.63) is 110 Å². The Bertz CT molecular complexity index is 1870. The summed E-state index contributed by atoms with van der Waals surface area (Å²) in [5, 5.41) is 4.93. The van der Waals surface area contributed by atoms with Gasteiger partial charge in [-0.05, 0) is 40.8 Å². The van der Waals surface area contributed by atoms with E-state index in [1.54, 1.807) is 12.4 Å². The maximum absolute atomic E-state index is 4.62. The van der Waals surface area contributed by atoms with Gasteiger partial charge in [0.1, 0.15) is 0 Å². The standard InChI is InChI=1S/C31H18N4/c1-2-7-27-22(4-1)23-14-15-32-18-28(23)35(27)20-10-8-19(9-11-20)21-12-13-26-29-24(21)5-3-6-25(29)30-31(26)34-17-16-33-30/h1-18H. The second kappa shape index (κ2) is 6.84. The van der Waals surface area contributed by atoms with Crippen molar-refractivity contribution in [1.82, 2.24) is 19.5 Å².